The van der Waals surface area contributed by atoms with Gasteiger partial charge >= 0.3 is 0 Å². The number of piperazine rings is 1. The molecular weight excluding hydrogens is 278 g/mol. The van der Waals surface area contributed by atoms with Crippen LogP contribution in [0.25, 0.3) is 0 Å². The molecule has 1 amide bonds. The molecule has 2 rings (SSSR count). The zero-order valence-electron chi connectivity index (χ0n) is 14.5. The summed E-state index contributed by atoms with van der Waals surface area (Å²) in [4.78, 5) is 19.7. The van der Waals surface area contributed by atoms with E-state index in [9.17, 15) is 9.90 Å². The summed E-state index contributed by atoms with van der Waals surface area (Å²) in [5.41, 5.74) is 0. The van der Waals surface area contributed by atoms with Crippen molar-refractivity contribution in [2.75, 3.05) is 45.8 Å². The van der Waals surface area contributed by atoms with Crippen molar-refractivity contribution in [1.29, 1.82) is 0 Å². The average Bonchev–Trinajstić information content (AvgIpc) is 2.48. The Morgan fingerprint density at radius 1 is 0.955 bits per heavy atom. The lowest BCUT2D eigenvalue weighted by Crippen LogP contribution is -2.57. The molecule has 5 nitrogen and oxygen atoms in total. The minimum absolute atomic E-state index is 0.0450. The lowest BCUT2D eigenvalue weighted by Gasteiger charge is -2.41. The molecule has 0 aromatic rings. The Morgan fingerprint density at radius 2 is 1.55 bits per heavy atom. The van der Waals surface area contributed by atoms with E-state index in [2.05, 4.69) is 23.6 Å². The quantitative estimate of drug-likeness (QED) is 0.823. The van der Waals surface area contributed by atoms with E-state index in [1.54, 1.807) is 0 Å². The fourth-order valence-electron chi connectivity index (χ4n) is 3.77. The van der Waals surface area contributed by atoms with Crippen LogP contribution in [0.3, 0.4) is 0 Å². The van der Waals surface area contributed by atoms with Crippen molar-refractivity contribution < 1.29 is 9.90 Å². The average molecular weight is 311 g/mol. The second kappa shape index (κ2) is 8.27. The molecule has 2 atom stereocenters. The van der Waals surface area contributed by atoms with Crippen molar-refractivity contribution in [3.05, 3.63) is 0 Å². The number of piperidine rings is 1. The van der Waals surface area contributed by atoms with Gasteiger partial charge in [0.25, 0.3) is 0 Å². The number of aliphatic hydroxyl groups excluding tert-OH is 1. The molecule has 2 aliphatic rings. The molecule has 2 saturated heterocycles. The highest BCUT2D eigenvalue weighted by Crippen LogP contribution is 2.20. The van der Waals surface area contributed by atoms with Crippen LogP contribution in [-0.2, 0) is 4.79 Å². The fourth-order valence-corrected chi connectivity index (χ4v) is 3.77. The lowest BCUT2D eigenvalue weighted by atomic mass is 9.97. The summed E-state index contributed by atoms with van der Waals surface area (Å²) in [5, 5.41) is 9.48. The van der Waals surface area contributed by atoms with E-state index in [0.29, 0.717) is 18.4 Å². The molecule has 0 aliphatic carbocycles. The third-order valence-corrected chi connectivity index (χ3v) is 4.87. The number of rotatable bonds is 5. The maximum absolute atomic E-state index is 13.0. The number of nitrogens with zero attached hydrogens (tertiary/aromatic N) is 3. The Balaban J connectivity index is 1.91. The zero-order valence-corrected chi connectivity index (χ0v) is 14.5. The van der Waals surface area contributed by atoms with E-state index < -0.39 is 0 Å². The van der Waals surface area contributed by atoms with Crippen LogP contribution in [0.5, 0.6) is 0 Å². The Morgan fingerprint density at radius 3 is 2.05 bits per heavy atom. The van der Waals surface area contributed by atoms with Gasteiger partial charge in [-0.3, -0.25) is 14.6 Å². The van der Waals surface area contributed by atoms with Gasteiger partial charge in [0.05, 0.1) is 12.1 Å². The first kappa shape index (κ1) is 17.7. The van der Waals surface area contributed by atoms with E-state index in [-0.39, 0.29) is 12.1 Å². The summed E-state index contributed by atoms with van der Waals surface area (Å²) < 4.78 is 0. The molecule has 5 heteroatoms. The number of carbonyl (C=O) groups excluding carboxylic acids is 1. The third-order valence-electron chi connectivity index (χ3n) is 4.87. The Hall–Kier alpha value is -0.650. The minimum atomic E-state index is -0.293. The van der Waals surface area contributed by atoms with Gasteiger partial charge in [0.2, 0.25) is 5.91 Å². The topological polar surface area (TPSA) is 47.0 Å². The first-order chi connectivity index (χ1) is 10.5. The molecule has 0 radical (unpaired) electrons. The number of β-amino-alcohol motifs (C(OH)–C–C–N with tert-alkyl or cyclic N) is 1. The number of amides is 1. The van der Waals surface area contributed by atoms with Crippen molar-refractivity contribution >= 4 is 5.91 Å². The van der Waals surface area contributed by atoms with E-state index in [1.165, 1.54) is 19.3 Å². The number of aliphatic hydroxyl groups is 1. The molecule has 0 aromatic carbocycles. The van der Waals surface area contributed by atoms with Gasteiger partial charge in [-0.2, -0.15) is 0 Å². The highest BCUT2D eigenvalue weighted by molar-refractivity contribution is 5.82. The molecule has 2 fully saturated rings. The Bertz CT molecular complexity index is 346. The van der Waals surface area contributed by atoms with E-state index >= 15 is 0 Å². The van der Waals surface area contributed by atoms with Gasteiger partial charge in [-0.15, -0.1) is 0 Å². The van der Waals surface area contributed by atoms with Gasteiger partial charge in [0.1, 0.15) is 0 Å². The smallest absolute Gasteiger partial charge is 0.240 e. The molecule has 0 bridgehead atoms. The monoisotopic (exact) mass is 311 g/mol. The number of likely N-dealkylation sites (tertiary alicyclic amines) is 1. The summed E-state index contributed by atoms with van der Waals surface area (Å²) in [6.07, 6.45) is 3.45. The van der Waals surface area contributed by atoms with Crippen LogP contribution in [0, 0.1) is 5.92 Å². The van der Waals surface area contributed by atoms with Crippen LogP contribution in [0.15, 0.2) is 0 Å². The van der Waals surface area contributed by atoms with Crippen LogP contribution in [0.4, 0.5) is 0 Å². The number of hydrogen-bond donors (Lipinski definition) is 1. The molecule has 2 heterocycles. The molecule has 0 unspecified atom stereocenters. The van der Waals surface area contributed by atoms with Gasteiger partial charge in [-0.25, -0.2) is 0 Å². The van der Waals surface area contributed by atoms with Gasteiger partial charge in [-0.1, -0.05) is 20.3 Å². The largest absolute Gasteiger partial charge is 0.392 e. The van der Waals surface area contributed by atoms with Crippen molar-refractivity contribution in [2.45, 2.75) is 52.2 Å². The standard InChI is InChI=1S/C17H33N3O2/c1-14(2)16(19-7-5-4-6-8-19)17(22)20-11-9-18(10-12-20)13-15(3)21/h14-16,21H,4-13H2,1-3H3/t15-,16-/m1/s1. The third kappa shape index (κ3) is 4.67. The maximum Gasteiger partial charge on any atom is 0.240 e. The van der Waals surface area contributed by atoms with Crippen LogP contribution in [0.1, 0.15) is 40.0 Å². The highest BCUT2D eigenvalue weighted by Gasteiger charge is 2.34. The summed E-state index contributed by atoms with van der Waals surface area (Å²) in [7, 11) is 0. The first-order valence-corrected chi connectivity index (χ1v) is 8.92. The van der Waals surface area contributed by atoms with Crippen LogP contribution in [-0.4, -0.2) is 83.7 Å². The van der Waals surface area contributed by atoms with Gasteiger partial charge in [0, 0.05) is 32.7 Å². The maximum atomic E-state index is 13.0. The van der Waals surface area contributed by atoms with Crippen LogP contribution in [0.2, 0.25) is 0 Å². The van der Waals surface area contributed by atoms with Gasteiger partial charge in [-0.05, 0) is 38.8 Å². The molecule has 0 spiro atoms. The highest BCUT2D eigenvalue weighted by atomic mass is 16.3. The molecule has 22 heavy (non-hydrogen) atoms. The minimum Gasteiger partial charge on any atom is -0.392 e. The van der Waals surface area contributed by atoms with Crippen molar-refractivity contribution in [3.8, 4) is 0 Å². The molecule has 2 aliphatic heterocycles. The Labute approximate surface area is 135 Å². The van der Waals surface area contributed by atoms with E-state index in [1.807, 2.05) is 11.8 Å². The molecule has 128 valence electrons. The van der Waals surface area contributed by atoms with E-state index in [0.717, 1.165) is 39.3 Å². The normalized spacial score (nSPS) is 24.5. The van der Waals surface area contributed by atoms with Gasteiger partial charge < -0.3 is 10.0 Å². The Kier molecular flexibility index (Phi) is 6.66. The second-order valence-corrected chi connectivity index (χ2v) is 7.26. The van der Waals surface area contributed by atoms with Gasteiger partial charge in [0.15, 0.2) is 0 Å². The molecule has 0 saturated carbocycles. The van der Waals surface area contributed by atoms with Crippen molar-refractivity contribution in [2.24, 2.45) is 5.92 Å². The summed E-state index contributed by atoms with van der Waals surface area (Å²) >= 11 is 0. The first-order valence-electron chi connectivity index (χ1n) is 8.92. The second-order valence-electron chi connectivity index (χ2n) is 7.26. The van der Waals surface area contributed by atoms with E-state index in [4.69, 9.17) is 0 Å². The predicted octanol–water partition coefficient (Wildman–Crippen LogP) is 1.02. The SMILES string of the molecule is CC(C)[C@H](C(=O)N1CCN(C[C@@H](C)O)CC1)N1CCCCC1. The van der Waals surface area contributed by atoms with Crippen LogP contribution < -0.4 is 0 Å². The summed E-state index contributed by atoms with van der Waals surface area (Å²) in [6.45, 7) is 12.3. The predicted molar refractivity (Wildman–Crippen MR) is 88.8 cm³/mol. The van der Waals surface area contributed by atoms with Crippen molar-refractivity contribution in [1.82, 2.24) is 14.7 Å². The molecule has 0 aromatic heterocycles. The lowest BCUT2D eigenvalue weighted by molar-refractivity contribution is -0.141. The summed E-state index contributed by atoms with van der Waals surface area (Å²) in [6, 6.07) is 0.0450. The molecular formula is C17H33N3O2. The zero-order chi connectivity index (χ0) is 16.1. The van der Waals surface area contributed by atoms with Crippen molar-refractivity contribution in [3.63, 3.8) is 0 Å². The number of hydrogen-bond acceptors (Lipinski definition) is 4. The van der Waals surface area contributed by atoms with Crippen LogP contribution >= 0.6 is 0 Å². The fraction of sp³-hybridized carbons (Fsp3) is 0.941. The molecule has 1 N–H and O–H groups in total. The number of carbonyl (C=O) groups is 1. The summed E-state index contributed by atoms with van der Waals surface area (Å²) in [5.74, 6) is 0.676.